The lowest BCUT2D eigenvalue weighted by atomic mass is 9.98. The highest BCUT2D eigenvalue weighted by atomic mass is 32.1. The van der Waals surface area contributed by atoms with Crippen molar-refractivity contribution >= 4 is 70.3 Å². The van der Waals surface area contributed by atoms with Crippen LogP contribution in [0.2, 0.25) is 0 Å². The fraction of sp³-hybridized carbons (Fsp3) is 0.512. The molecule has 0 radical (unpaired) electrons. The van der Waals surface area contributed by atoms with Gasteiger partial charge in [0.2, 0.25) is 31.3 Å². The lowest BCUT2D eigenvalue weighted by Gasteiger charge is -2.39. The van der Waals surface area contributed by atoms with Crippen LogP contribution < -0.4 is 10.2 Å². The first-order chi connectivity index (χ1) is 27.9. The minimum atomic E-state index is -5.61. The normalized spacial score (nSPS) is 19.0. The molecule has 0 bridgehead atoms. The van der Waals surface area contributed by atoms with Crippen LogP contribution in [0.1, 0.15) is 83.0 Å². The van der Waals surface area contributed by atoms with Crippen molar-refractivity contribution < 1.29 is 60.6 Å². The summed E-state index contributed by atoms with van der Waals surface area (Å²) in [5, 5.41) is 2.87. The Morgan fingerprint density at radius 2 is 1.48 bits per heavy atom. The number of benzene rings is 2. The number of hydrogen-bond acceptors (Lipinski definition) is 12. The fourth-order valence-electron chi connectivity index (χ4n) is 6.67. The van der Waals surface area contributed by atoms with Gasteiger partial charge in [-0.05, 0) is 96.5 Å². The van der Waals surface area contributed by atoms with Crippen LogP contribution in [0, 0.1) is 10.8 Å². The van der Waals surface area contributed by atoms with E-state index in [4.69, 9.17) is 18.5 Å². The summed E-state index contributed by atoms with van der Waals surface area (Å²) in [7, 11) is -3.98. The smallest absolute Gasteiger partial charge is 0.410 e. The summed E-state index contributed by atoms with van der Waals surface area (Å²) in [5.41, 5.74) is -6.68. The highest BCUT2D eigenvalue weighted by molar-refractivity contribution is 7.54. The van der Waals surface area contributed by atoms with E-state index in [0.717, 1.165) is 23.5 Å². The lowest BCUT2D eigenvalue weighted by molar-refractivity contribution is -0.163. The van der Waals surface area contributed by atoms with Crippen molar-refractivity contribution in [3.63, 3.8) is 0 Å². The number of esters is 2. The average Bonchev–Trinajstić information content (AvgIpc) is 3.81. The predicted molar refractivity (Wildman–Crippen MR) is 218 cm³/mol. The van der Waals surface area contributed by atoms with Gasteiger partial charge in [-0.3, -0.25) is 42.4 Å². The molecular formula is C41H51F2N4O11PS. The molecule has 4 amide bonds. The molecule has 2 fully saturated rings. The van der Waals surface area contributed by atoms with Crippen molar-refractivity contribution in [3.8, 4) is 0 Å². The fourth-order valence-corrected chi connectivity index (χ4v) is 8.86. The second kappa shape index (κ2) is 18.1. The number of para-hydroxylation sites is 1. The summed E-state index contributed by atoms with van der Waals surface area (Å²) in [4.78, 5) is 83.8. The minimum Gasteiger partial charge on any atom is -0.438 e. The van der Waals surface area contributed by atoms with Crippen molar-refractivity contribution in [1.82, 2.24) is 15.1 Å². The highest BCUT2D eigenvalue weighted by Crippen LogP contribution is 2.67. The Morgan fingerprint density at radius 3 is 2.05 bits per heavy atom. The van der Waals surface area contributed by atoms with Gasteiger partial charge in [0.15, 0.2) is 0 Å². The molecule has 3 atom stereocenters. The zero-order valence-electron chi connectivity index (χ0n) is 34.8. The minimum absolute atomic E-state index is 0.0305. The van der Waals surface area contributed by atoms with Gasteiger partial charge in [-0.15, -0.1) is 11.3 Å². The van der Waals surface area contributed by atoms with Crippen LogP contribution in [0.5, 0.6) is 0 Å². The SMILES string of the molecule is CC(=O)N1CC[C@H]2CC[C@@H](C(=O)N(C)c3ccccc3)N2C(=O)[C@@H](NC(=O)c2cc3cc(C(F)(F)P(=O)(OCOC(=O)C(C)(C)C)OCOC(=O)C(C)(C)C)ccc3s2)C1. The molecule has 60 heavy (non-hydrogen) atoms. The van der Waals surface area contributed by atoms with Gasteiger partial charge in [0, 0.05) is 49.1 Å². The zero-order chi connectivity index (χ0) is 44.4. The Kier molecular flexibility index (Phi) is 13.9. The molecule has 0 unspecified atom stereocenters. The summed E-state index contributed by atoms with van der Waals surface area (Å²) < 4.78 is 66.6. The van der Waals surface area contributed by atoms with Gasteiger partial charge in [-0.1, -0.05) is 24.3 Å². The van der Waals surface area contributed by atoms with Gasteiger partial charge in [-0.25, -0.2) is 0 Å². The quantitative estimate of drug-likeness (QED) is 0.117. The largest absolute Gasteiger partial charge is 0.438 e. The van der Waals surface area contributed by atoms with Crippen molar-refractivity contribution in [2.24, 2.45) is 10.8 Å². The number of likely N-dealkylation sites (N-methyl/N-ethyl adjacent to an activating group) is 1. The van der Waals surface area contributed by atoms with Gasteiger partial charge in [-0.2, -0.15) is 8.78 Å². The third kappa shape index (κ3) is 10.2. The molecule has 2 saturated heterocycles. The highest BCUT2D eigenvalue weighted by Gasteiger charge is 2.56. The van der Waals surface area contributed by atoms with E-state index in [0.29, 0.717) is 36.2 Å². The van der Waals surface area contributed by atoms with E-state index in [1.807, 2.05) is 6.07 Å². The van der Waals surface area contributed by atoms with Crippen molar-refractivity contribution in [2.75, 3.05) is 38.6 Å². The molecular weight excluding hydrogens is 826 g/mol. The van der Waals surface area contributed by atoms with E-state index < -0.39 is 79.1 Å². The summed E-state index contributed by atoms with van der Waals surface area (Å²) in [6.07, 6.45) is 1.36. The molecule has 3 heterocycles. The Hall–Kier alpha value is -4.77. The van der Waals surface area contributed by atoms with Gasteiger partial charge < -0.3 is 29.5 Å². The third-order valence-corrected chi connectivity index (χ3v) is 13.1. The molecule has 2 aromatic carbocycles. The molecule has 326 valence electrons. The van der Waals surface area contributed by atoms with Gasteiger partial charge >= 0.3 is 25.2 Å². The number of alkyl halides is 2. The first-order valence-electron chi connectivity index (χ1n) is 19.3. The molecule has 5 rings (SSSR count). The topological polar surface area (TPSA) is 178 Å². The molecule has 15 nitrogen and oxygen atoms in total. The molecule has 19 heteroatoms. The Labute approximate surface area is 351 Å². The van der Waals surface area contributed by atoms with E-state index in [1.165, 1.54) is 75.3 Å². The number of amides is 4. The molecule has 1 N–H and O–H groups in total. The molecule has 0 spiro atoms. The number of halogens is 2. The number of rotatable bonds is 12. The van der Waals surface area contributed by atoms with E-state index >= 15 is 8.78 Å². The molecule has 2 aliphatic heterocycles. The number of carbonyl (C=O) groups is 6. The monoisotopic (exact) mass is 876 g/mol. The first-order valence-corrected chi connectivity index (χ1v) is 21.7. The van der Waals surface area contributed by atoms with Crippen LogP contribution in [-0.4, -0.2) is 97.2 Å². The van der Waals surface area contributed by atoms with Crippen molar-refractivity contribution in [1.29, 1.82) is 0 Å². The van der Waals surface area contributed by atoms with Crippen LogP contribution in [0.15, 0.2) is 54.6 Å². The summed E-state index contributed by atoms with van der Waals surface area (Å²) >= 11 is 0.934. The van der Waals surface area contributed by atoms with Crippen LogP contribution in [0.3, 0.4) is 0 Å². The number of fused-ring (bicyclic) bond motifs is 2. The number of thiophene rings is 1. The molecule has 0 saturated carbocycles. The second-order valence-corrected chi connectivity index (χ2v) is 19.9. The number of anilines is 1. The zero-order valence-corrected chi connectivity index (χ0v) is 36.5. The van der Waals surface area contributed by atoms with Crippen LogP contribution >= 0.6 is 18.9 Å². The molecule has 3 aromatic rings. The van der Waals surface area contributed by atoms with Crippen LogP contribution in [0.4, 0.5) is 14.5 Å². The number of ether oxygens (including phenoxy) is 2. The maximum absolute atomic E-state index is 16.3. The number of hydrogen-bond donors (Lipinski definition) is 1. The Bertz CT molecular complexity index is 2140. The maximum Gasteiger partial charge on any atom is 0.410 e. The van der Waals surface area contributed by atoms with E-state index in [1.54, 1.807) is 31.3 Å². The van der Waals surface area contributed by atoms with Crippen molar-refractivity contribution in [3.05, 3.63) is 65.0 Å². The first kappa shape index (κ1) is 46.3. The number of nitrogens with zero attached hydrogens (tertiary/aromatic N) is 3. The van der Waals surface area contributed by atoms with Crippen molar-refractivity contribution in [2.45, 2.75) is 91.5 Å². The summed E-state index contributed by atoms with van der Waals surface area (Å²) in [6.45, 7) is 8.25. The lowest BCUT2D eigenvalue weighted by Crippen LogP contribution is -2.61. The van der Waals surface area contributed by atoms with Gasteiger partial charge in [0.25, 0.3) is 5.91 Å². The van der Waals surface area contributed by atoms with Gasteiger partial charge in [0.1, 0.15) is 12.1 Å². The third-order valence-electron chi connectivity index (χ3n) is 10.2. The molecule has 1 aromatic heterocycles. The van der Waals surface area contributed by atoms with E-state index in [-0.39, 0.29) is 34.7 Å². The molecule has 2 aliphatic rings. The standard InChI is InChI=1S/C41H51F2N4O11PS/c1-25(48)46-19-18-29-15-16-31(36(51)45(8)28-12-10-9-11-13-28)47(29)35(50)30(22-46)44-34(49)33-21-26-20-27(14-17-32(26)60-33)41(42,43)59(54,57-23-55-37(52)39(2,3)4)58-24-56-38(53)40(5,6)7/h9-14,17,20-21,29-31H,15-16,18-19,22-24H2,1-8H3,(H,44,49)/t29-,30+,31+/m1/s1. The molecule has 0 aliphatic carbocycles. The van der Waals surface area contributed by atoms with Gasteiger partial charge in [0.05, 0.1) is 15.7 Å². The van der Waals surface area contributed by atoms with E-state index in [2.05, 4.69) is 5.32 Å². The number of carbonyl (C=O) groups excluding carboxylic acids is 6. The maximum atomic E-state index is 16.3. The summed E-state index contributed by atoms with van der Waals surface area (Å²) in [5.74, 6) is -3.52. The number of nitrogens with one attached hydrogen (secondary N) is 1. The Morgan fingerprint density at radius 1 is 0.883 bits per heavy atom. The van der Waals surface area contributed by atoms with Crippen LogP contribution in [0.25, 0.3) is 10.1 Å². The van der Waals surface area contributed by atoms with E-state index in [9.17, 15) is 33.3 Å². The predicted octanol–water partition coefficient (Wildman–Crippen LogP) is 6.64. The van der Waals surface area contributed by atoms with Crippen LogP contribution in [-0.2, 0) is 52.7 Å². The Balaban J connectivity index is 1.39. The average molecular weight is 877 g/mol. The summed E-state index contributed by atoms with van der Waals surface area (Å²) in [6, 6.07) is 11.1. The second-order valence-electron chi connectivity index (χ2n) is 16.8.